The highest BCUT2D eigenvalue weighted by molar-refractivity contribution is 7.14. The highest BCUT2D eigenvalue weighted by atomic mass is 35.5. The van der Waals surface area contributed by atoms with Crippen molar-refractivity contribution < 1.29 is 4.79 Å². The average molecular weight is 331 g/mol. The molecule has 3 N–H and O–H groups in total. The maximum atomic E-state index is 12.5. The largest absolute Gasteiger partial charge is 0.345 e. The number of hydrogen-bond donors (Lipinski definition) is 2. The molecule has 5 heteroatoms. The molecule has 1 aliphatic rings. The van der Waals surface area contributed by atoms with Crippen LogP contribution in [0.1, 0.15) is 60.1 Å². The third-order valence-corrected chi connectivity index (χ3v) is 5.52. The Morgan fingerprint density at radius 1 is 1.48 bits per heavy atom. The fourth-order valence-corrected chi connectivity index (χ4v) is 3.93. The van der Waals surface area contributed by atoms with Gasteiger partial charge in [0, 0.05) is 11.4 Å². The van der Waals surface area contributed by atoms with Gasteiger partial charge in [-0.05, 0) is 50.2 Å². The van der Waals surface area contributed by atoms with Crippen LogP contribution in [-0.2, 0) is 12.8 Å². The van der Waals surface area contributed by atoms with Gasteiger partial charge in [0.15, 0.2) is 0 Å². The molecular formula is C16H27ClN2OS. The molecule has 1 unspecified atom stereocenters. The van der Waals surface area contributed by atoms with Crippen LogP contribution < -0.4 is 11.1 Å². The summed E-state index contributed by atoms with van der Waals surface area (Å²) in [6.45, 7) is 6.91. The third-order valence-electron chi connectivity index (χ3n) is 4.28. The number of aryl methyl sites for hydroxylation is 2. The fraction of sp³-hybridized carbons (Fsp3) is 0.688. The van der Waals surface area contributed by atoms with Gasteiger partial charge < -0.3 is 11.1 Å². The summed E-state index contributed by atoms with van der Waals surface area (Å²) < 4.78 is 0. The molecule has 1 aromatic rings. The summed E-state index contributed by atoms with van der Waals surface area (Å²) in [5, 5.41) is 3.17. The van der Waals surface area contributed by atoms with E-state index in [1.54, 1.807) is 11.3 Å². The van der Waals surface area contributed by atoms with E-state index in [1.165, 1.54) is 23.3 Å². The highest BCUT2D eigenvalue weighted by Crippen LogP contribution is 2.39. The van der Waals surface area contributed by atoms with Crippen molar-refractivity contribution in [3.05, 3.63) is 21.4 Å². The second-order valence-corrected chi connectivity index (χ2v) is 7.15. The van der Waals surface area contributed by atoms with Gasteiger partial charge in [-0.25, -0.2) is 0 Å². The molecule has 0 aromatic carbocycles. The highest BCUT2D eigenvalue weighted by Gasteiger charge is 2.41. The quantitative estimate of drug-likeness (QED) is 0.803. The lowest BCUT2D eigenvalue weighted by molar-refractivity contribution is 0.0902. The summed E-state index contributed by atoms with van der Waals surface area (Å²) >= 11 is 1.65. The normalized spacial score (nSPS) is 17.0. The molecule has 0 aliphatic heterocycles. The number of carbonyl (C=O) groups is 1. The molecule has 0 radical (unpaired) electrons. The minimum atomic E-state index is -0.238. The molecule has 0 bridgehead atoms. The minimum Gasteiger partial charge on any atom is -0.345 e. The molecule has 2 rings (SSSR count). The van der Waals surface area contributed by atoms with Gasteiger partial charge >= 0.3 is 0 Å². The van der Waals surface area contributed by atoms with Crippen LogP contribution >= 0.6 is 23.7 Å². The first kappa shape index (κ1) is 18.5. The van der Waals surface area contributed by atoms with Crippen LogP contribution in [-0.4, -0.2) is 18.0 Å². The van der Waals surface area contributed by atoms with Gasteiger partial charge in [-0.3, -0.25) is 4.79 Å². The van der Waals surface area contributed by atoms with E-state index in [2.05, 4.69) is 32.2 Å². The SMILES string of the molecule is CCCc1sc(C(=O)NC(C)(CN)C2CC2)cc1CC.Cl. The Morgan fingerprint density at radius 2 is 2.14 bits per heavy atom. The van der Waals surface area contributed by atoms with E-state index >= 15 is 0 Å². The van der Waals surface area contributed by atoms with E-state index in [1.807, 2.05) is 0 Å². The maximum Gasteiger partial charge on any atom is 0.261 e. The van der Waals surface area contributed by atoms with E-state index < -0.39 is 0 Å². The molecule has 1 amide bonds. The lowest BCUT2D eigenvalue weighted by Gasteiger charge is -2.29. The standard InChI is InChI=1S/C16H26N2OS.ClH/c1-4-6-13-11(5-2)9-14(20-13)15(19)18-16(3,10-17)12-7-8-12;/h9,12H,4-8,10,17H2,1-3H3,(H,18,19);1H. The molecule has 1 heterocycles. The molecule has 0 saturated heterocycles. The van der Waals surface area contributed by atoms with E-state index in [0.29, 0.717) is 12.5 Å². The molecule has 1 aliphatic carbocycles. The number of amides is 1. The molecule has 120 valence electrons. The molecule has 3 nitrogen and oxygen atoms in total. The van der Waals surface area contributed by atoms with Crippen LogP contribution in [0.3, 0.4) is 0 Å². The first-order valence-electron chi connectivity index (χ1n) is 7.68. The molecule has 21 heavy (non-hydrogen) atoms. The van der Waals surface area contributed by atoms with Crippen LogP contribution in [0.4, 0.5) is 0 Å². The van der Waals surface area contributed by atoms with Crippen LogP contribution in [0.25, 0.3) is 0 Å². The zero-order chi connectivity index (χ0) is 14.8. The van der Waals surface area contributed by atoms with Crippen molar-refractivity contribution in [1.82, 2.24) is 5.32 Å². The predicted molar refractivity (Wildman–Crippen MR) is 92.6 cm³/mol. The molecular weight excluding hydrogens is 304 g/mol. The number of carbonyl (C=O) groups excluding carboxylic acids is 1. The van der Waals surface area contributed by atoms with Gasteiger partial charge in [0.25, 0.3) is 5.91 Å². The van der Waals surface area contributed by atoms with E-state index in [0.717, 1.165) is 24.1 Å². The van der Waals surface area contributed by atoms with Crippen molar-refractivity contribution in [2.24, 2.45) is 11.7 Å². The van der Waals surface area contributed by atoms with E-state index in [9.17, 15) is 4.79 Å². The number of thiophene rings is 1. The van der Waals surface area contributed by atoms with Crippen molar-refractivity contribution in [3.8, 4) is 0 Å². The maximum absolute atomic E-state index is 12.5. The van der Waals surface area contributed by atoms with Crippen LogP contribution in [0.2, 0.25) is 0 Å². The number of halogens is 1. The van der Waals surface area contributed by atoms with Crippen molar-refractivity contribution in [1.29, 1.82) is 0 Å². The third kappa shape index (κ3) is 4.21. The molecule has 0 spiro atoms. The number of nitrogens with one attached hydrogen (secondary N) is 1. The summed E-state index contributed by atoms with van der Waals surface area (Å²) in [6.07, 6.45) is 5.55. The molecule has 1 aromatic heterocycles. The van der Waals surface area contributed by atoms with Crippen molar-refractivity contribution in [2.75, 3.05) is 6.54 Å². The number of rotatable bonds is 7. The van der Waals surface area contributed by atoms with Gasteiger partial charge in [-0.15, -0.1) is 23.7 Å². The summed E-state index contributed by atoms with van der Waals surface area (Å²) in [7, 11) is 0. The second-order valence-electron chi connectivity index (χ2n) is 6.01. The van der Waals surface area contributed by atoms with Crippen LogP contribution in [0.15, 0.2) is 6.07 Å². The second kappa shape index (κ2) is 7.61. The predicted octanol–water partition coefficient (Wildman–Crippen LogP) is 3.54. The monoisotopic (exact) mass is 330 g/mol. The fourth-order valence-electron chi connectivity index (χ4n) is 2.68. The van der Waals surface area contributed by atoms with Crippen molar-refractivity contribution in [3.63, 3.8) is 0 Å². The number of hydrogen-bond acceptors (Lipinski definition) is 3. The molecule has 1 atom stereocenters. The topological polar surface area (TPSA) is 55.1 Å². The van der Waals surface area contributed by atoms with E-state index in [-0.39, 0.29) is 23.9 Å². The Morgan fingerprint density at radius 3 is 2.62 bits per heavy atom. The van der Waals surface area contributed by atoms with Crippen LogP contribution in [0.5, 0.6) is 0 Å². The first-order valence-corrected chi connectivity index (χ1v) is 8.49. The molecule has 1 saturated carbocycles. The zero-order valence-corrected chi connectivity index (χ0v) is 14.8. The van der Waals surface area contributed by atoms with Crippen molar-refractivity contribution >= 4 is 29.7 Å². The van der Waals surface area contributed by atoms with Crippen LogP contribution in [0, 0.1) is 5.92 Å². The Balaban J connectivity index is 0.00000220. The summed E-state index contributed by atoms with van der Waals surface area (Å²) in [5.41, 5.74) is 6.96. The Bertz CT molecular complexity index is 485. The minimum absolute atomic E-state index is 0. The zero-order valence-electron chi connectivity index (χ0n) is 13.2. The smallest absolute Gasteiger partial charge is 0.261 e. The summed E-state index contributed by atoms with van der Waals surface area (Å²) in [6, 6.07) is 2.06. The molecule has 1 fully saturated rings. The van der Waals surface area contributed by atoms with Gasteiger partial charge in [-0.2, -0.15) is 0 Å². The van der Waals surface area contributed by atoms with Gasteiger partial charge in [0.2, 0.25) is 0 Å². The lowest BCUT2D eigenvalue weighted by atomic mass is 9.96. The lowest BCUT2D eigenvalue weighted by Crippen LogP contribution is -2.53. The first-order chi connectivity index (χ1) is 9.54. The van der Waals surface area contributed by atoms with Gasteiger partial charge in [0.1, 0.15) is 0 Å². The van der Waals surface area contributed by atoms with Gasteiger partial charge in [0.05, 0.1) is 10.4 Å². The Hall–Kier alpha value is -0.580. The summed E-state index contributed by atoms with van der Waals surface area (Å²) in [4.78, 5) is 14.7. The Labute approximate surface area is 138 Å². The average Bonchev–Trinajstić information content (AvgIpc) is 3.21. The number of nitrogens with two attached hydrogens (primary N) is 1. The van der Waals surface area contributed by atoms with E-state index in [4.69, 9.17) is 5.73 Å². The van der Waals surface area contributed by atoms with Gasteiger partial charge in [-0.1, -0.05) is 20.3 Å². The van der Waals surface area contributed by atoms with Crippen molar-refractivity contribution in [2.45, 2.75) is 58.4 Å². The summed E-state index contributed by atoms with van der Waals surface area (Å²) in [5.74, 6) is 0.601. The Kier molecular flexibility index (Phi) is 6.70.